The molecule has 0 atom stereocenters. The Labute approximate surface area is 106 Å². The summed E-state index contributed by atoms with van der Waals surface area (Å²) >= 11 is 0. The van der Waals surface area contributed by atoms with Crippen molar-refractivity contribution in [2.75, 3.05) is 0 Å². The van der Waals surface area contributed by atoms with Crippen LogP contribution in [-0.4, -0.2) is 16.2 Å². The van der Waals surface area contributed by atoms with Gasteiger partial charge in [-0.3, -0.25) is 0 Å². The number of hydrogen-bond acceptors (Lipinski definition) is 0. The maximum atomic E-state index is 2.45. The fourth-order valence-corrected chi connectivity index (χ4v) is 3.30. The molecule has 0 bridgehead atoms. The minimum Gasteiger partial charge on any atom is -0.0958 e. The Morgan fingerprint density at radius 2 is 1.69 bits per heavy atom. The van der Waals surface area contributed by atoms with Gasteiger partial charge in [-0.25, -0.2) is 0 Å². The Kier molecular flexibility index (Phi) is 9.80. The molecule has 2 radical (unpaired) electrons. The molecule has 0 aromatic rings. The Morgan fingerprint density at radius 1 is 1.06 bits per heavy atom. The molecule has 0 rings (SSSR count). The molecule has 0 aliphatic heterocycles. The summed E-state index contributed by atoms with van der Waals surface area (Å²) in [6, 6.07) is 1.24. The zero-order valence-corrected chi connectivity index (χ0v) is 12.8. The van der Waals surface area contributed by atoms with Gasteiger partial charge in [-0.2, -0.15) is 0 Å². The highest BCUT2D eigenvalue weighted by molar-refractivity contribution is 6.62. The molecule has 0 aliphatic rings. The van der Waals surface area contributed by atoms with Crippen LogP contribution in [0.2, 0.25) is 25.0 Å². The van der Waals surface area contributed by atoms with Crippen LogP contribution in [0.25, 0.3) is 0 Å². The number of rotatable bonds is 8. The van der Waals surface area contributed by atoms with Crippen LogP contribution in [0.5, 0.6) is 0 Å². The van der Waals surface area contributed by atoms with Gasteiger partial charge in [0.05, 0.1) is 9.52 Å². The molecule has 0 fully saturated rings. The van der Waals surface area contributed by atoms with E-state index >= 15 is 0 Å². The largest absolute Gasteiger partial charge is 0.143 e. The highest BCUT2D eigenvalue weighted by Crippen LogP contribution is 2.14. The molecule has 0 spiro atoms. The molecular weight excluding hydrogens is 207 g/mol. The van der Waals surface area contributed by atoms with E-state index in [-0.39, 0.29) is 0 Å². The summed E-state index contributed by atoms with van der Waals surface area (Å²) in [6.07, 6.45) is 9.99. The van der Waals surface area contributed by atoms with Crippen LogP contribution in [0, 0.1) is 0 Å². The number of hydrogen-bond donors (Lipinski definition) is 0. The highest BCUT2D eigenvalue weighted by Gasteiger charge is 2.10. The van der Waals surface area contributed by atoms with Gasteiger partial charge in [0.2, 0.25) is 0 Å². The van der Waals surface area contributed by atoms with E-state index in [2.05, 4.69) is 46.8 Å². The second-order valence-electron chi connectivity index (χ2n) is 4.69. The molecule has 0 amide bonds. The minimum absolute atomic E-state index is 0.900. The second kappa shape index (κ2) is 9.95. The normalized spacial score (nSPS) is 11.4. The molecular formula is C14H27BSi. The lowest BCUT2D eigenvalue weighted by atomic mass is 9.43. The molecule has 16 heavy (non-hydrogen) atoms. The van der Waals surface area contributed by atoms with Gasteiger partial charge in [0.25, 0.3) is 0 Å². The average Bonchev–Trinajstić information content (AvgIpc) is 2.25. The lowest BCUT2D eigenvalue weighted by Crippen LogP contribution is -2.12. The van der Waals surface area contributed by atoms with Crippen LogP contribution in [0.1, 0.15) is 41.0 Å². The first-order valence-corrected chi connectivity index (χ1v) is 7.90. The molecule has 0 nitrogen and oxygen atoms in total. The predicted octanol–water partition coefficient (Wildman–Crippen LogP) is 4.90. The van der Waals surface area contributed by atoms with Gasteiger partial charge in [0.15, 0.2) is 0 Å². The van der Waals surface area contributed by atoms with Crippen molar-refractivity contribution in [3.8, 4) is 0 Å². The van der Waals surface area contributed by atoms with Gasteiger partial charge >= 0.3 is 0 Å². The summed E-state index contributed by atoms with van der Waals surface area (Å²) < 4.78 is 0. The van der Waals surface area contributed by atoms with Gasteiger partial charge < -0.3 is 0 Å². The van der Waals surface area contributed by atoms with Crippen molar-refractivity contribution in [3.05, 3.63) is 22.9 Å². The first-order valence-electron chi connectivity index (χ1n) is 6.70. The second-order valence-corrected chi connectivity index (χ2v) is 6.09. The minimum atomic E-state index is 0.900. The standard InChI is InChI=1S/C14H27BSi/c1-6-9-14(12-15(7-2)8-3)16-11-10-13(4)5/h9-10H,6-8,11-12H2,1-5H3/b14-9+. The van der Waals surface area contributed by atoms with Crippen molar-refractivity contribution in [1.82, 2.24) is 0 Å². The van der Waals surface area contributed by atoms with Crippen LogP contribution in [0.4, 0.5) is 0 Å². The summed E-state index contributed by atoms with van der Waals surface area (Å²) in [5.74, 6) is 0. The van der Waals surface area contributed by atoms with Crippen LogP contribution < -0.4 is 0 Å². The quantitative estimate of drug-likeness (QED) is 0.413. The van der Waals surface area contributed by atoms with E-state index in [1.54, 1.807) is 5.20 Å². The molecule has 0 saturated heterocycles. The fraction of sp³-hybridized carbons (Fsp3) is 0.714. The highest BCUT2D eigenvalue weighted by atomic mass is 28.2. The molecule has 0 aromatic carbocycles. The van der Waals surface area contributed by atoms with E-state index in [1.165, 1.54) is 37.0 Å². The molecule has 0 N–H and O–H groups in total. The van der Waals surface area contributed by atoms with Crippen molar-refractivity contribution in [2.24, 2.45) is 0 Å². The molecule has 0 heterocycles. The molecule has 0 aromatic heterocycles. The average molecular weight is 234 g/mol. The monoisotopic (exact) mass is 234 g/mol. The summed E-state index contributed by atoms with van der Waals surface area (Å²) in [7, 11) is 1.01. The van der Waals surface area contributed by atoms with Crippen molar-refractivity contribution in [1.29, 1.82) is 0 Å². The van der Waals surface area contributed by atoms with Crippen molar-refractivity contribution in [2.45, 2.75) is 66.0 Å². The van der Waals surface area contributed by atoms with Crippen LogP contribution in [-0.2, 0) is 0 Å². The third-order valence-electron chi connectivity index (χ3n) is 2.95. The molecule has 0 aliphatic carbocycles. The van der Waals surface area contributed by atoms with Crippen molar-refractivity contribution >= 4 is 16.2 Å². The van der Waals surface area contributed by atoms with Crippen LogP contribution >= 0.6 is 0 Å². The van der Waals surface area contributed by atoms with E-state index in [4.69, 9.17) is 0 Å². The summed E-state index contributed by atoms with van der Waals surface area (Å²) in [6.45, 7) is 12.2. The van der Waals surface area contributed by atoms with E-state index in [0.29, 0.717) is 0 Å². The van der Waals surface area contributed by atoms with Gasteiger partial charge in [-0.05, 0) is 26.3 Å². The Hall–Kier alpha value is -0.238. The smallest absolute Gasteiger partial charge is 0.0958 e. The topological polar surface area (TPSA) is 0 Å². The van der Waals surface area contributed by atoms with E-state index in [0.717, 1.165) is 16.2 Å². The van der Waals surface area contributed by atoms with E-state index < -0.39 is 0 Å². The zero-order valence-electron chi connectivity index (χ0n) is 11.8. The maximum absolute atomic E-state index is 2.45. The first kappa shape index (κ1) is 15.8. The summed E-state index contributed by atoms with van der Waals surface area (Å²) in [5.41, 5.74) is 1.45. The first-order chi connectivity index (χ1) is 7.63. The van der Waals surface area contributed by atoms with Crippen molar-refractivity contribution < 1.29 is 0 Å². The Balaban J connectivity index is 4.17. The molecule has 90 valence electrons. The van der Waals surface area contributed by atoms with Gasteiger partial charge in [0.1, 0.15) is 6.71 Å². The van der Waals surface area contributed by atoms with Gasteiger partial charge in [-0.15, -0.1) is 0 Å². The lowest BCUT2D eigenvalue weighted by Gasteiger charge is -2.11. The number of allylic oxidation sites excluding steroid dienone is 4. The van der Waals surface area contributed by atoms with Crippen LogP contribution in [0.15, 0.2) is 22.9 Å². The third kappa shape index (κ3) is 7.98. The Bertz CT molecular complexity index is 223. The molecule has 0 unspecified atom stereocenters. The van der Waals surface area contributed by atoms with E-state index in [1.807, 2.05) is 0 Å². The fourth-order valence-electron chi connectivity index (χ4n) is 1.75. The maximum Gasteiger partial charge on any atom is 0.143 e. The Morgan fingerprint density at radius 3 is 2.12 bits per heavy atom. The van der Waals surface area contributed by atoms with Gasteiger partial charge in [-0.1, -0.05) is 62.7 Å². The molecule has 0 saturated carbocycles. The predicted molar refractivity (Wildman–Crippen MR) is 79.9 cm³/mol. The third-order valence-corrected chi connectivity index (χ3v) is 4.22. The lowest BCUT2D eigenvalue weighted by molar-refractivity contribution is 1.19. The molecule has 2 heteroatoms. The van der Waals surface area contributed by atoms with Crippen molar-refractivity contribution in [3.63, 3.8) is 0 Å². The van der Waals surface area contributed by atoms with E-state index in [9.17, 15) is 0 Å². The SMILES string of the molecule is CC/C=C(\CB(CC)CC)[Si]CC=C(C)C. The summed E-state index contributed by atoms with van der Waals surface area (Å²) in [5, 5.41) is 1.70. The zero-order chi connectivity index (χ0) is 12.4. The van der Waals surface area contributed by atoms with Gasteiger partial charge in [0, 0.05) is 0 Å². The summed E-state index contributed by atoms with van der Waals surface area (Å²) in [4.78, 5) is 0. The van der Waals surface area contributed by atoms with Crippen LogP contribution in [0.3, 0.4) is 0 Å².